The number of hydrogen-bond acceptors (Lipinski definition) is 6. The highest BCUT2D eigenvalue weighted by Gasteiger charge is 2.20. The molecular weight excluding hydrogens is 301 g/mol. The Kier molecular flexibility index (Phi) is 4.09. The van der Waals surface area contributed by atoms with Crippen LogP contribution in [0.1, 0.15) is 29.3 Å². The number of rotatable bonds is 4. The first-order chi connectivity index (χ1) is 11.1. The minimum Gasteiger partial charge on any atom is -0.449 e. The third kappa shape index (κ3) is 3.39. The van der Waals surface area contributed by atoms with Gasteiger partial charge in [-0.25, -0.2) is 9.18 Å². The first-order valence-electron chi connectivity index (χ1n) is 6.84. The van der Waals surface area contributed by atoms with Crippen molar-refractivity contribution in [2.24, 2.45) is 0 Å². The van der Waals surface area contributed by atoms with E-state index in [9.17, 15) is 9.18 Å². The monoisotopic (exact) mass is 313 g/mol. The lowest BCUT2D eigenvalue weighted by Gasteiger charge is -2.08. The summed E-state index contributed by atoms with van der Waals surface area (Å²) >= 11 is 0. The zero-order valence-electron chi connectivity index (χ0n) is 12.1. The number of esters is 1. The van der Waals surface area contributed by atoms with Crippen LogP contribution in [0.15, 0.2) is 53.2 Å². The molecule has 0 unspecified atom stereocenters. The Balaban J connectivity index is 1.72. The molecule has 0 aliphatic rings. The van der Waals surface area contributed by atoms with Crippen LogP contribution in [0.25, 0.3) is 11.5 Å². The molecule has 1 atom stereocenters. The first kappa shape index (κ1) is 14.8. The topological polar surface area (TPSA) is 78.1 Å². The van der Waals surface area contributed by atoms with Crippen LogP contribution in [0.3, 0.4) is 0 Å². The van der Waals surface area contributed by atoms with Crippen molar-refractivity contribution in [2.45, 2.75) is 13.0 Å². The van der Waals surface area contributed by atoms with Crippen LogP contribution in [-0.2, 0) is 4.74 Å². The smallest absolute Gasteiger partial charge is 0.340 e. The second kappa shape index (κ2) is 6.35. The highest BCUT2D eigenvalue weighted by Crippen LogP contribution is 2.23. The maximum Gasteiger partial charge on any atom is 0.340 e. The van der Waals surface area contributed by atoms with E-state index >= 15 is 0 Å². The van der Waals surface area contributed by atoms with E-state index in [1.807, 2.05) is 0 Å². The van der Waals surface area contributed by atoms with E-state index in [-0.39, 0.29) is 17.6 Å². The summed E-state index contributed by atoms with van der Waals surface area (Å²) in [5, 5.41) is 7.73. The summed E-state index contributed by atoms with van der Waals surface area (Å²) in [6.07, 6.45) is 2.25. The Morgan fingerprint density at radius 3 is 2.70 bits per heavy atom. The Morgan fingerprint density at radius 2 is 2.00 bits per heavy atom. The Bertz CT molecular complexity index is 803. The van der Waals surface area contributed by atoms with Crippen LogP contribution in [0.4, 0.5) is 4.39 Å². The van der Waals surface area contributed by atoms with Gasteiger partial charge in [-0.1, -0.05) is 0 Å². The summed E-state index contributed by atoms with van der Waals surface area (Å²) in [4.78, 5) is 15.8. The van der Waals surface area contributed by atoms with E-state index in [4.69, 9.17) is 9.15 Å². The summed E-state index contributed by atoms with van der Waals surface area (Å²) in [6.45, 7) is 1.62. The lowest BCUT2D eigenvalue weighted by Crippen LogP contribution is -2.09. The number of ether oxygens (including phenoxy) is 1. The molecule has 3 rings (SSSR count). The minimum absolute atomic E-state index is 0.154. The van der Waals surface area contributed by atoms with Crippen molar-refractivity contribution >= 4 is 5.97 Å². The van der Waals surface area contributed by atoms with Gasteiger partial charge in [0.05, 0.1) is 5.56 Å². The molecule has 1 aromatic carbocycles. The first-order valence-corrected chi connectivity index (χ1v) is 6.84. The van der Waals surface area contributed by atoms with E-state index in [0.29, 0.717) is 11.1 Å². The van der Waals surface area contributed by atoms with Gasteiger partial charge >= 0.3 is 5.97 Å². The molecule has 0 saturated heterocycles. The third-order valence-corrected chi connectivity index (χ3v) is 3.06. The molecule has 0 saturated carbocycles. The van der Waals surface area contributed by atoms with Gasteiger partial charge in [-0.2, -0.15) is 0 Å². The van der Waals surface area contributed by atoms with Crippen LogP contribution in [-0.4, -0.2) is 21.2 Å². The molecule has 0 radical (unpaired) electrons. The average molecular weight is 313 g/mol. The summed E-state index contributed by atoms with van der Waals surface area (Å²) in [7, 11) is 0. The van der Waals surface area contributed by atoms with Gasteiger partial charge < -0.3 is 9.15 Å². The zero-order valence-corrected chi connectivity index (χ0v) is 12.1. The molecular formula is C16H12FN3O3. The SMILES string of the molecule is C[C@@H](OC(=O)c1cccnc1)c1nnc(-c2ccc(F)cc2)o1. The van der Waals surface area contributed by atoms with E-state index in [0.717, 1.165) is 0 Å². The largest absolute Gasteiger partial charge is 0.449 e. The van der Waals surface area contributed by atoms with Gasteiger partial charge in [0.1, 0.15) is 5.82 Å². The van der Waals surface area contributed by atoms with E-state index in [2.05, 4.69) is 15.2 Å². The fourth-order valence-corrected chi connectivity index (χ4v) is 1.87. The Hall–Kier alpha value is -3.09. The second-order valence-electron chi connectivity index (χ2n) is 4.74. The molecule has 2 heterocycles. The quantitative estimate of drug-likeness (QED) is 0.688. The van der Waals surface area contributed by atoms with Crippen molar-refractivity contribution in [1.29, 1.82) is 0 Å². The molecule has 0 amide bonds. The fourth-order valence-electron chi connectivity index (χ4n) is 1.87. The number of carbonyl (C=O) groups is 1. The molecule has 0 N–H and O–H groups in total. The summed E-state index contributed by atoms with van der Waals surface area (Å²) in [5.41, 5.74) is 0.911. The molecule has 0 bridgehead atoms. The van der Waals surface area contributed by atoms with Crippen molar-refractivity contribution < 1.29 is 18.3 Å². The van der Waals surface area contributed by atoms with Gasteiger partial charge in [0, 0.05) is 18.0 Å². The molecule has 0 aliphatic heterocycles. The number of nitrogens with zero attached hydrogens (tertiary/aromatic N) is 3. The van der Waals surface area contributed by atoms with E-state index in [1.165, 1.54) is 30.5 Å². The zero-order chi connectivity index (χ0) is 16.2. The maximum atomic E-state index is 12.9. The standard InChI is InChI=1S/C16H12FN3O3/c1-10(22-16(21)12-3-2-8-18-9-12)14-19-20-15(23-14)11-4-6-13(17)7-5-11/h2-10H,1H3/t10-/m1/s1. The molecule has 6 nitrogen and oxygen atoms in total. The average Bonchev–Trinajstić information content (AvgIpc) is 3.06. The van der Waals surface area contributed by atoms with Gasteiger partial charge in [-0.15, -0.1) is 10.2 Å². The molecule has 23 heavy (non-hydrogen) atoms. The normalized spacial score (nSPS) is 11.9. The van der Waals surface area contributed by atoms with Gasteiger partial charge in [0.25, 0.3) is 5.89 Å². The van der Waals surface area contributed by atoms with Gasteiger partial charge in [-0.3, -0.25) is 4.98 Å². The van der Waals surface area contributed by atoms with Gasteiger partial charge in [-0.05, 0) is 43.3 Å². The molecule has 116 valence electrons. The van der Waals surface area contributed by atoms with Crippen molar-refractivity contribution in [2.75, 3.05) is 0 Å². The summed E-state index contributed by atoms with van der Waals surface area (Å²) in [6, 6.07) is 8.88. The number of pyridine rings is 1. The Morgan fingerprint density at radius 1 is 1.22 bits per heavy atom. The lowest BCUT2D eigenvalue weighted by molar-refractivity contribution is 0.0279. The molecule has 0 fully saturated rings. The van der Waals surface area contributed by atoms with Crippen LogP contribution >= 0.6 is 0 Å². The highest BCUT2D eigenvalue weighted by atomic mass is 19.1. The van der Waals surface area contributed by atoms with Crippen molar-refractivity contribution in [1.82, 2.24) is 15.2 Å². The van der Waals surface area contributed by atoms with Crippen molar-refractivity contribution in [3.63, 3.8) is 0 Å². The fraction of sp³-hybridized carbons (Fsp3) is 0.125. The second-order valence-corrected chi connectivity index (χ2v) is 4.74. The predicted molar refractivity (Wildman–Crippen MR) is 77.8 cm³/mol. The third-order valence-electron chi connectivity index (χ3n) is 3.06. The Labute approximate surface area is 131 Å². The number of carbonyl (C=O) groups excluding carboxylic acids is 1. The highest BCUT2D eigenvalue weighted by molar-refractivity contribution is 5.89. The number of hydrogen-bond donors (Lipinski definition) is 0. The van der Waals surface area contributed by atoms with Gasteiger partial charge in [0.15, 0.2) is 6.10 Å². The van der Waals surface area contributed by atoms with Crippen LogP contribution in [0.2, 0.25) is 0 Å². The summed E-state index contributed by atoms with van der Waals surface area (Å²) in [5.74, 6) is -0.509. The van der Waals surface area contributed by atoms with Crippen LogP contribution in [0.5, 0.6) is 0 Å². The molecule has 0 aliphatic carbocycles. The maximum absolute atomic E-state index is 12.9. The van der Waals surface area contributed by atoms with Crippen LogP contribution in [0, 0.1) is 5.82 Å². The predicted octanol–water partition coefficient (Wildman–Crippen LogP) is 3.19. The van der Waals surface area contributed by atoms with E-state index in [1.54, 1.807) is 25.3 Å². The van der Waals surface area contributed by atoms with Crippen LogP contribution < -0.4 is 0 Å². The van der Waals surface area contributed by atoms with Crippen molar-refractivity contribution in [3.05, 3.63) is 66.1 Å². The van der Waals surface area contributed by atoms with Gasteiger partial charge in [0.2, 0.25) is 5.89 Å². The number of halogens is 1. The minimum atomic E-state index is -0.718. The molecule has 0 spiro atoms. The van der Waals surface area contributed by atoms with E-state index < -0.39 is 12.1 Å². The number of benzene rings is 1. The number of aromatic nitrogens is 3. The molecule has 2 aromatic heterocycles. The lowest BCUT2D eigenvalue weighted by atomic mass is 10.2. The molecule has 7 heteroatoms. The van der Waals surface area contributed by atoms with Crippen molar-refractivity contribution in [3.8, 4) is 11.5 Å². The molecule has 3 aromatic rings. The summed E-state index contributed by atoms with van der Waals surface area (Å²) < 4.78 is 23.6.